The van der Waals surface area contributed by atoms with Crippen LogP contribution < -0.4 is 10.6 Å². The second-order valence-corrected chi connectivity index (χ2v) is 6.81. The molecule has 1 aromatic carbocycles. The smallest absolute Gasteiger partial charge is 0.317 e. The summed E-state index contributed by atoms with van der Waals surface area (Å²) in [7, 11) is 1.70. The number of urea groups is 1. The van der Waals surface area contributed by atoms with Gasteiger partial charge in [-0.1, -0.05) is 25.5 Å². The Bertz CT molecular complexity index is 728. The van der Waals surface area contributed by atoms with Crippen molar-refractivity contribution in [2.45, 2.75) is 32.9 Å². The molecule has 26 heavy (non-hydrogen) atoms. The van der Waals surface area contributed by atoms with E-state index in [4.69, 9.17) is 4.42 Å². The molecule has 0 fully saturated rings. The predicted molar refractivity (Wildman–Crippen MR) is 104 cm³/mol. The predicted octanol–water partition coefficient (Wildman–Crippen LogP) is 3.91. The van der Waals surface area contributed by atoms with E-state index < -0.39 is 0 Å². The number of amides is 3. The van der Waals surface area contributed by atoms with E-state index in [1.807, 2.05) is 18.2 Å². The van der Waals surface area contributed by atoms with Crippen LogP contribution in [0.4, 0.5) is 4.79 Å². The summed E-state index contributed by atoms with van der Waals surface area (Å²) in [6.07, 6.45) is 2.02. The number of rotatable bonds is 8. The molecular weight excluding hydrogens is 398 g/mol. The first-order valence-electron chi connectivity index (χ1n) is 8.60. The van der Waals surface area contributed by atoms with Gasteiger partial charge in [-0.05, 0) is 52.2 Å². The third kappa shape index (κ3) is 6.22. The molecule has 0 atom stereocenters. The molecule has 0 aliphatic heterocycles. The molecule has 6 nitrogen and oxygen atoms in total. The van der Waals surface area contributed by atoms with Gasteiger partial charge in [-0.25, -0.2) is 4.79 Å². The van der Waals surface area contributed by atoms with Gasteiger partial charge in [0.05, 0.1) is 6.54 Å². The second-order valence-electron chi connectivity index (χ2n) is 6.03. The Hall–Kier alpha value is -2.28. The molecular formula is C19H24BrN3O3. The van der Waals surface area contributed by atoms with Crippen LogP contribution in [0.1, 0.15) is 41.4 Å². The lowest BCUT2D eigenvalue weighted by Crippen LogP contribution is -2.36. The Morgan fingerprint density at radius 2 is 1.85 bits per heavy atom. The zero-order chi connectivity index (χ0) is 18.9. The zero-order valence-corrected chi connectivity index (χ0v) is 16.6. The van der Waals surface area contributed by atoms with E-state index in [1.165, 1.54) is 0 Å². The van der Waals surface area contributed by atoms with Crippen LogP contribution in [0.15, 0.2) is 45.5 Å². The second kappa shape index (κ2) is 10.0. The Morgan fingerprint density at radius 3 is 2.46 bits per heavy atom. The minimum Gasteiger partial charge on any atom is -0.452 e. The molecule has 1 heterocycles. The number of furan rings is 1. The van der Waals surface area contributed by atoms with E-state index in [0.29, 0.717) is 35.6 Å². The average Bonchev–Trinajstić information content (AvgIpc) is 3.04. The summed E-state index contributed by atoms with van der Waals surface area (Å²) in [6.45, 7) is 3.54. The molecule has 2 aromatic rings. The van der Waals surface area contributed by atoms with Gasteiger partial charge in [0.25, 0.3) is 5.91 Å². The van der Waals surface area contributed by atoms with Crippen molar-refractivity contribution >= 4 is 27.9 Å². The molecule has 0 radical (unpaired) electrons. The maximum Gasteiger partial charge on any atom is 0.317 e. The number of nitrogens with one attached hydrogen (secondary N) is 2. The van der Waals surface area contributed by atoms with Crippen molar-refractivity contribution in [3.05, 3.63) is 58.0 Å². The third-order valence-corrected chi connectivity index (χ3v) is 4.27. The van der Waals surface area contributed by atoms with E-state index in [2.05, 4.69) is 33.5 Å². The summed E-state index contributed by atoms with van der Waals surface area (Å²) in [6, 6.07) is 10.6. The molecule has 140 valence electrons. The van der Waals surface area contributed by atoms with Gasteiger partial charge in [0.1, 0.15) is 5.76 Å². The fraction of sp³-hybridized carbons (Fsp3) is 0.368. The number of nitrogens with zero attached hydrogens (tertiary/aromatic N) is 1. The number of carbonyl (C=O) groups excluding carboxylic acids is 2. The molecule has 1 aromatic heterocycles. The van der Waals surface area contributed by atoms with Crippen molar-refractivity contribution in [3.63, 3.8) is 0 Å². The van der Waals surface area contributed by atoms with Gasteiger partial charge in [0.15, 0.2) is 4.67 Å². The maximum absolute atomic E-state index is 12.1. The molecule has 0 saturated carbocycles. The van der Waals surface area contributed by atoms with Gasteiger partial charge in [-0.15, -0.1) is 0 Å². The summed E-state index contributed by atoms with van der Waals surface area (Å²) in [5.41, 5.74) is 1.55. The van der Waals surface area contributed by atoms with Gasteiger partial charge in [-0.3, -0.25) is 4.79 Å². The Balaban J connectivity index is 1.79. The number of carbonyl (C=O) groups is 2. The van der Waals surface area contributed by atoms with Crippen LogP contribution in [0.3, 0.4) is 0 Å². The Labute approximate surface area is 162 Å². The van der Waals surface area contributed by atoms with Gasteiger partial charge in [0.2, 0.25) is 0 Å². The highest BCUT2D eigenvalue weighted by molar-refractivity contribution is 9.10. The van der Waals surface area contributed by atoms with E-state index >= 15 is 0 Å². The first kappa shape index (κ1) is 20.0. The van der Waals surface area contributed by atoms with E-state index in [1.54, 1.807) is 30.1 Å². The molecule has 0 unspecified atom stereocenters. The van der Waals surface area contributed by atoms with E-state index in [0.717, 1.165) is 18.4 Å². The van der Waals surface area contributed by atoms with Gasteiger partial charge in [-0.2, -0.15) is 0 Å². The lowest BCUT2D eigenvalue weighted by Gasteiger charge is -2.16. The molecule has 0 saturated heterocycles. The van der Waals surface area contributed by atoms with Gasteiger partial charge >= 0.3 is 6.03 Å². The Morgan fingerprint density at radius 1 is 1.12 bits per heavy atom. The van der Waals surface area contributed by atoms with Crippen LogP contribution >= 0.6 is 15.9 Å². The van der Waals surface area contributed by atoms with E-state index in [9.17, 15) is 9.59 Å². The quantitative estimate of drug-likeness (QED) is 0.634. The summed E-state index contributed by atoms with van der Waals surface area (Å²) >= 11 is 3.24. The van der Waals surface area contributed by atoms with Crippen LogP contribution in [-0.2, 0) is 13.1 Å². The topological polar surface area (TPSA) is 74.6 Å². The molecule has 2 N–H and O–H groups in total. The summed E-state index contributed by atoms with van der Waals surface area (Å²) in [4.78, 5) is 25.7. The SMILES string of the molecule is CCCCNC(=O)c1ccc(CNC(=O)N(C)Cc2ccc(Br)o2)cc1. The third-order valence-electron chi connectivity index (χ3n) is 3.84. The highest BCUT2D eigenvalue weighted by Crippen LogP contribution is 2.15. The first-order valence-corrected chi connectivity index (χ1v) is 9.39. The fourth-order valence-corrected chi connectivity index (χ4v) is 2.65. The van der Waals surface area contributed by atoms with Crippen molar-refractivity contribution in [2.24, 2.45) is 0 Å². The van der Waals surface area contributed by atoms with Crippen LogP contribution in [0, 0.1) is 0 Å². The van der Waals surface area contributed by atoms with Crippen molar-refractivity contribution in [2.75, 3.05) is 13.6 Å². The standard InChI is InChI=1S/C19H24BrN3O3/c1-3-4-11-21-18(24)15-7-5-14(6-8-15)12-22-19(25)23(2)13-16-9-10-17(20)26-16/h5-10H,3-4,11-13H2,1-2H3,(H,21,24)(H,22,25). The molecule has 0 spiro atoms. The molecule has 0 aliphatic carbocycles. The van der Waals surface area contributed by atoms with Crippen molar-refractivity contribution in [1.29, 1.82) is 0 Å². The normalized spacial score (nSPS) is 10.4. The fourth-order valence-electron chi connectivity index (χ4n) is 2.31. The minimum absolute atomic E-state index is 0.0709. The number of hydrogen-bond acceptors (Lipinski definition) is 3. The first-order chi connectivity index (χ1) is 12.5. The maximum atomic E-state index is 12.1. The monoisotopic (exact) mass is 421 g/mol. The van der Waals surface area contributed by atoms with Gasteiger partial charge < -0.3 is 20.0 Å². The highest BCUT2D eigenvalue weighted by Gasteiger charge is 2.11. The molecule has 0 aliphatic rings. The molecule has 2 rings (SSSR count). The Kier molecular flexibility index (Phi) is 7.72. The summed E-state index contributed by atoms with van der Waals surface area (Å²) in [5.74, 6) is 0.631. The zero-order valence-electron chi connectivity index (χ0n) is 15.0. The molecule has 7 heteroatoms. The number of benzene rings is 1. The van der Waals surface area contributed by atoms with Crippen LogP contribution in [0.2, 0.25) is 0 Å². The van der Waals surface area contributed by atoms with Crippen molar-refractivity contribution in [1.82, 2.24) is 15.5 Å². The van der Waals surface area contributed by atoms with Gasteiger partial charge in [0, 0.05) is 25.7 Å². The highest BCUT2D eigenvalue weighted by atomic mass is 79.9. The van der Waals surface area contributed by atoms with Crippen LogP contribution in [0.25, 0.3) is 0 Å². The van der Waals surface area contributed by atoms with Crippen LogP contribution in [-0.4, -0.2) is 30.4 Å². The molecule has 3 amide bonds. The average molecular weight is 422 g/mol. The van der Waals surface area contributed by atoms with Crippen LogP contribution in [0.5, 0.6) is 0 Å². The van der Waals surface area contributed by atoms with Crippen molar-refractivity contribution < 1.29 is 14.0 Å². The number of halogens is 1. The lowest BCUT2D eigenvalue weighted by atomic mass is 10.1. The number of unbranched alkanes of at least 4 members (excludes halogenated alkanes) is 1. The minimum atomic E-state index is -0.195. The number of hydrogen-bond donors (Lipinski definition) is 2. The summed E-state index contributed by atoms with van der Waals surface area (Å²) < 4.78 is 6.03. The van der Waals surface area contributed by atoms with E-state index in [-0.39, 0.29) is 11.9 Å². The molecule has 0 bridgehead atoms. The van der Waals surface area contributed by atoms with Crippen molar-refractivity contribution in [3.8, 4) is 0 Å². The largest absolute Gasteiger partial charge is 0.452 e. The lowest BCUT2D eigenvalue weighted by molar-refractivity contribution is 0.0953. The summed E-state index contributed by atoms with van der Waals surface area (Å²) in [5, 5.41) is 5.73.